The number of hydrogen-bond donors (Lipinski definition) is 2. The maximum absolute atomic E-state index is 5.96. The van der Waals surface area contributed by atoms with Gasteiger partial charge in [0, 0.05) is 18.0 Å². The normalized spacial score (nSPS) is 22.9. The number of hydrogen-bond acceptors (Lipinski definition) is 3. The molecule has 106 valence electrons. The van der Waals surface area contributed by atoms with E-state index in [9.17, 15) is 0 Å². The van der Waals surface area contributed by atoms with Crippen molar-refractivity contribution in [2.75, 3.05) is 11.9 Å². The lowest BCUT2D eigenvalue weighted by Crippen LogP contribution is -2.29. The van der Waals surface area contributed by atoms with Gasteiger partial charge in [-0.3, -0.25) is 0 Å². The molecule has 20 heavy (non-hydrogen) atoms. The first kappa shape index (κ1) is 13.4. The number of benzene rings is 1. The summed E-state index contributed by atoms with van der Waals surface area (Å²) in [5.41, 5.74) is 8.24. The van der Waals surface area contributed by atoms with Crippen LogP contribution in [0.2, 0.25) is 0 Å². The number of pyridine rings is 1. The maximum atomic E-state index is 5.96. The molecule has 1 aromatic heterocycles. The zero-order chi connectivity index (χ0) is 13.9. The van der Waals surface area contributed by atoms with Crippen molar-refractivity contribution in [1.29, 1.82) is 0 Å². The Kier molecular flexibility index (Phi) is 3.88. The Morgan fingerprint density at radius 2 is 1.95 bits per heavy atom. The second-order valence-electron chi connectivity index (χ2n) is 6.01. The lowest BCUT2D eigenvalue weighted by Gasteiger charge is -2.26. The van der Waals surface area contributed by atoms with Gasteiger partial charge in [0.15, 0.2) is 0 Å². The minimum absolute atomic E-state index is 0.423. The Labute approximate surface area is 120 Å². The number of nitrogens with zero attached hydrogens (tertiary/aromatic N) is 1. The molecule has 0 radical (unpaired) electrons. The van der Waals surface area contributed by atoms with E-state index < -0.39 is 0 Å². The highest BCUT2D eigenvalue weighted by Crippen LogP contribution is 2.25. The number of nitrogens with one attached hydrogen (secondary N) is 1. The summed E-state index contributed by atoms with van der Waals surface area (Å²) < 4.78 is 0. The van der Waals surface area contributed by atoms with Gasteiger partial charge in [0.25, 0.3) is 0 Å². The van der Waals surface area contributed by atoms with Gasteiger partial charge in [0.05, 0.1) is 5.52 Å². The molecule has 0 spiro atoms. The number of fused-ring (bicyclic) bond motifs is 1. The minimum atomic E-state index is 0.423. The van der Waals surface area contributed by atoms with E-state index in [1.807, 2.05) is 6.07 Å². The van der Waals surface area contributed by atoms with Gasteiger partial charge in [-0.25, -0.2) is 4.98 Å². The molecular formula is C17H23N3. The fourth-order valence-electron chi connectivity index (χ4n) is 3.03. The fraction of sp³-hybridized carbons (Fsp3) is 0.471. The summed E-state index contributed by atoms with van der Waals surface area (Å²) in [6, 6.07) is 10.9. The van der Waals surface area contributed by atoms with E-state index in [4.69, 9.17) is 10.7 Å². The average Bonchev–Trinajstić information content (AvgIpc) is 2.47. The van der Waals surface area contributed by atoms with Crippen LogP contribution in [0.25, 0.3) is 10.9 Å². The molecule has 0 amide bonds. The smallest absolute Gasteiger partial charge is 0.129 e. The van der Waals surface area contributed by atoms with E-state index in [0.717, 1.165) is 36.6 Å². The minimum Gasteiger partial charge on any atom is -0.370 e. The number of rotatable bonds is 3. The SMILES string of the molecule is Cc1cc2ccccc2nc1NCC1CCC(N)CC1. The Morgan fingerprint density at radius 1 is 1.20 bits per heavy atom. The zero-order valence-corrected chi connectivity index (χ0v) is 12.1. The van der Waals surface area contributed by atoms with Crippen LogP contribution in [0.1, 0.15) is 31.2 Å². The van der Waals surface area contributed by atoms with Crippen LogP contribution in [0.15, 0.2) is 30.3 Å². The van der Waals surface area contributed by atoms with Crippen LogP contribution < -0.4 is 11.1 Å². The monoisotopic (exact) mass is 269 g/mol. The van der Waals surface area contributed by atoms with Gasteiger partial charge >= 0.3 is 0 Å². The molecule has 1 heterocycles. The Bertz CT molecular complexity index is 586. The Morgan fingerprint density at radius 3 is 2.75 bits per heavy atom. The van der Waals surface area contributed by atoms with E-state index in [1.165, 1.54) is 23.8 Å². The standard InChI is InChI=1S/C17H23N3/c1-12-10-14-4-2-3-5-16(14)20-17(12)19-11-13-6-8-15(18)9-7-13/h2-5,10,13,15H,6-9,11,18H2,1H3,(H,19,20). The van der Waals surface area contributed by atoms with E-state index in [2.05, 4.69) is 36.5 Å². The molecule has 1 fully saturated rings. The predicted molar refractivity (Wildman–Crippen MR) is 84.9 cm³/mol. The van der Waals surface area contributed by atoms with Gasteiger partial charge in [-0.15, -0.1) is 0 Å². The van der Waals surface area contributed by atoms with Crippen LogP contribution >= 0.6 is 0 Å². The molecule has 3 N–H and O–H groups in total. The second kappa shape index (κ2) is 5.80. The van der Waals surface area contributed by atoms with Crippen molar-refractivity contribution in [3.05, 3.63) is 35.9 Å². The molecule has 1 aliphatic rings. The number of aromatic nitrogens is 1. The van der Waals surface area contributed by atoms with Crippen LogP contribution in [-0.2, 0) is 0 Å². The quantitative estimate of drug-likeness (QED) is 0.897. The summed E-state index contributed by atoms with van der Waals surface area (Å²) in [7, 11) is 0. The number of aryl methyl sites for hydroxylation is 1. The van der Waals surface area contributed by atoms with Crippen molar-refractivity contribution in [2.24, 2.45) is 11.7 Å². The van der Waals surface area contributed by atoms with Crippen LogP contribution in [-0.4, -0.2) is 17.6 Å². The second-order valence-corrected chi connectivity index (χ2v) is 6.01. The first-order chi connectivity index (χ1) is 9.72. The van der Waals surface area contributed by atoms with Crippen molar-refractivity contribution in [2.45, 2.75) is 38.6 Å². The molecule has 3 nitrogen and oxygen atoms in total. The molecule has 0 bridgehead atoms. The summed E-state index contributed by atoms with van der Waals surface area (Å²) in [6.45, 7) is 3.14. The highest BCUT2D eigenvalue weighted by atomic mass is 15.0. The first-order valence-corrected chi connectivity index (χ1v) is 7.58. The molecule has 0 aliphatic heterocycles. The van der Waals surface area contributed by atoms with Gasteiger partial charge in [0.2, 0.25) is 0 Å². The molecular weight excluding hydrogens is 246 g/mol. The molecule has 3 rings (SSSR count). The third-order valence-electron chi connectivity index (χ3n) is 4.36. The molecule has 0 unspecified atom stereocenters. The molecule has 3 heteroatoms. The van der Waals surface area contributed by atoms with Gasteiger partial charge in [-0.1, -0.05) is 18.2 Å². The topological polar surface area (TPSA) is 50.9 Å². The summed E-state index contributed by atoms with van der Waals surface area (Å²) in [5, 5.41) is 4.75. The first-order valence-electron chi connectivity index (χ1n) is 7.58. The molecule has 0 saturated heterocycles. The third kappa shape index (κ3) is 2.93. The number of para-hydroxylation sites is 1. The van der Waals surface area contributed by atoms with E-state index in [0.29, 0.717) is 6.04 Å². The third-order valence-corrected chi connectivity index (χ3v) is 4.36. The predicted octanol–water partition coefficient (Wildman–Crippen LogP) is 3.47. The lowest BCUT2D eigenvalue weighted by atomic mass is 9.86. The summed E-state index contributed by atoms with van der Waals surface area (Å²) >= 11 is 0. The van der Waals surface area contributed by atoms with Crippen molar-refractivity contribution >= 4 is 16.7 Å². The van der Waals surface area contributed by atoms with Crippen molar-refractivity contribution in [3.63, 3.8) is 0 Å². The molecule has 0 atom stereocenters. The average molecular weight is 269 g/mol. The number of nitrogens with two attached hydrogens (primary N) is 1. The number of anilines is 1. The summed E-state index contributed by atoms with van der Waals surface area (Å²) in [5.74, 6) is 1.76. The molecule has 1 aliphatic carbocycles. The van der Waals surface area contributed by atoms with Crippen LogP contribution in [0.5, 0.6) is 0 Å². The van der Waals surface area contributed by atoms with Gasteiger partial charge < -0.3 is 11.1 Å². The lowest BCUT2D eigenvalue weighted by molar-refractivity contribution is 0.338. The van der Waals surface area contributed by atoms with Crippen molar-refractivity contribution in [3.8, 4) is 0 Å². The summed E-state index contributed by atoms with van der Waals surface area (Å²) in [4.78, 5) is 4.74. The summed E-state index contributed by atoms with van der Waals surface area (Å²) in [6.07, 6.45) is 4.80. The Balaban J connectivity index is 1.69. The van der Waals surface area contributed by atoms with Crippen LogP contribution in [0.3, 0.4) is 0 Å². The highest BCUT2D eigenvalue weighted by molar-refractivity contribution is 5.81. The molecule has 1 aromatic carbocycles. The van der Waals surface area contributed by atoms with Gasteiger partial charge in [0.1, 0.15) is 5.82 Å². The highest BCUT2D eigenvalue weighted by Gasteiger charge is 2.18. The van der Waals surface area contributed by atoms with E-state index in [1.54, 1.807) is 0 Å². The van der Waals surface area contributed by atoms with Gasteiger partial charge in [-0.2, -0.15) is 0 Å². The molecule has 1 saturated carbocycles. The van der Waals surface area contributed by atoms with Crippen molar-refractivity contribution in [1.82, 2.24) is 4.98 Å². The molecule has 2 aromatic rings. The van der Waals surface area contributed by atoms with E-state index >= 15 is 0 Å². The van der Waals surface area contributed by atoms with Crippen molar-refractivity contribution < 1.29 is 0 Å². The maximum Gasteiger partial charge on any atom is 0.129 e. The van der Waals surface area contributed by atoms with Gasteiger partial charge in [-0.05, 0) is 56.2 Å². The van der Waals surface area contributed by atoms with Crippen LogP contribution in [0, 0.1) is 12.8 Å². The van der Waals surface area contributed by atoms with E-state index in [-0.39, 0.29) is 0 Å². The largest absolute Gasteiger partial charge is 0.370 e. The zero-order valence-electron chi connectivity index (χ0n) is 12.1. The fourth-order valence-corrected chi connectivity index (χ4v) is 3.03. The Hall–Kier alpha value is -1.61. The van der Waals surface area contributed by atoms with Crippen LogP contribution in [0.4, 0.5) is 5.82 Å².